The number of thiophene rings is 1. The van der Waals surface area contributed by atoms with Crippen molar-refractivity contribution in [1.29, 1.82) is 0 Å². The van der Waals surface area contributed by atoms with Crippen LogP contribution in [0.25, 0.3) is 6.08 Å². The molecule has 0 aliphatic carbocycles. The highest BCUT2D eigenvalue weighted by molar-refractivity contribution is 7.89. The third-order valence-electron chi connectivity index (χ3n) is 5.67. The number of anilines is 2. The van der Waals surface area contributed by atoms with Gasteiger partial charge in [-0.2, -0.15) is 4.31 Å². The minimum absolute atomic E-state index is 0.190. The van der Waals surface area contributed by atoms with Crippen LogP contribution < -0.4 is 10.2 Å². The molecule has 0 atom stereocenters. The first-order valence-electron chi connectivity index (χ1n) is 11.0. The van der Waals surface area contributed by atoms with Crippen LogP contribution >= 0.6 is 11.3 Å². The molecule has 174 valence electrons. The Balaban J connectivity index is 1.91. The summed E-state index contributed by atoms with van der Waals surface area (Å²) < 4.78 is 27.5. The fourth-order valence-corrected chi connectivity index (χ4v) is 5.89. The molecule has 1 aromatic heterocycles. The van der Waals surface area contributed by atoms with Crippen LogP contribution in [0.2, 0.25) is 0 Å². The van der Waals surface area contributed by atoms with Gasteiger partial charge < -0.3 is 15.1 Å². The highest BCUT2D eigenvalue weighted by atomic mass is 32.2. The van der Waals surface area contributed by atoms with Gasteiger partial charge in [-0.25, -0.2) is 8.42 Å². The SMILES string of the molecule is CCN1CCN(c2ccc(S(=O)(=O)N(CC)CC)cc2NC(=O)/C=C/c2cccs2)CC1. The molecule has 1 N–H and O–H groups in total. The lowest BCUT2D eigenvalue weighted by molar-refractivity contribution is -0.111. The average molecular weight is 477 g/mol. The van der Waals surface area contributed by atoms with Crippen molar-refractivity contribution >= 4 is 44.7 Å². The second-order valence-corrected chi connectivity index (χ2v) is 10.4. The highest BCUT2D eigenvalue weighted by Crippen LogP contribution is 2.31. The monoisotopic (exact) mass is 476 g/mol. The van der Waals surface area contributed by atoms with E-state index in [2.05, 4.69) is 22.0 Å². The number of carbonyl (C=O) groups is 1. The Hall–Kier alpha value is -2.20. The Kier molecular flexibility index (Phi) is 8.47. The lowest BCUT2D eigenvalue weighted by atomic mass is 10.2. The standard InChI is InChI=1S/C23H32N4O3S2/c1-4-25-13-15-26(16-14-25)22-11-10-20(32(29,30)27(5-2)6-3)18-21(22)24-23(28)12-9-19-8-7-17-31-19/h7-12,17-18H,4-6,13-16H2,1-3H3,(H,24,28)/b12-9+. The van der Waals surface area contributed by atoms with Crippen molar-refractivity contribution < 1.29 is 13.2 Å². The molecule has 1 aliphatic rings. The molecule has 1 saturated heterocycles. The van der Waals surface area contributed by atoms with Gasteiger partial charge in [-0.05, 0) is 42.3 Å². The maximum atomic E-state index is 13.1. The molecule has 1 aromatic carbocycles. The molecule has 1 aliphatic heterocycles. The van der Waals surface area contributed by atoms with E-state index in [1.807, 2.05) is 37.4 Å². The van der Waals surface area contributed by atoms with Gasteiger partial charge in [0.2, 0.25) is 15.9 Å². The number of nitrogens with one attached hydrogen (secondary N) is 1. The summed E-state index contributed by atoms with van der Waals surface area (Å²) in [7, 11) is -3.63. The van der Waals surface area contributed by atoms with E-state index >= 15 is 0 Å². The van der Waals surface area contributed by atoms with E-state index in [0.717, 1.165) is 43.3 Å². The lowest BCUT2D eigenvalue weighted by Gasteiger charge is -2.36. The molecule has 2 aromatic rings. The minimum Gasteiger partial charge on any atom is -0.367 e. The zero-order chi connectivity index (χ0) is 23.1. The van der Waals surface area contributed by atoms with Crippen LogP contribution in [0, 0.1) is 0 Å². The molecule has 7 nitrogen and oxygen atoms in total. The van der Waals surface area contributed by atoms with Crippen molar-refractivity contribution in [3.8, 4) is 0 Å². The number of piperazine rings is 1. The predicted molar refractivity (Wildman–Crippen MR) is 133 cm³/mol. The zero-order valence-corrected chi connectivity index (χ0v) is 20.6. The van der Waals surface area contributed by atoms with Gasteiger partial charge in [-0.3, -0.25) is 4.79 Å². The van der Waals surface area contributed by atoms with Crippen molar-refractivity contribution in [2.45, 2.75) is 25.7 Å². The van der Waals surface area contributed by atoms with Crippen molar-refractivity contribution in [2.75, 3.05) is 56.0 Å². The summed E-state index contributed by atoms with van der Waals surface area (Å²) in [6.07, 6.45) is 3.24. The number of amides is 1. The summed E-state index contributed by atoms with van der Waals surface area (Å²) >= 11 is 1.55. The molecule has 0 radical (unpaired) electrons. The minimum atomic E-state index is -3.63. The molecule has 0 unspecified atom stereocenters. The Labute approximate surface area is 195 Å². The predicted octanol–water partition coefficient (Wildman–Crippen LogP) is 3.57. The molecule has 2 heterocycles. The van der Waals surface area contributed by atoms with Gasteiger partial charge in [0.25, 0.3) is 0 Å². The number of carbonyl (C=O) groups excluding carboxylic acids is 1. The Morgan fingerprint density at radius 1 is 1.12 bits per heavy atom. The van der Waals surface area contributed by atoms with Crippen molar-refractivity contribution in [3.63, 3.8) is 0 Å². The van der Waals surface area contributed by atoms with Crippen LogP contribution in [0.4, 0.5) is 11.4 Å². The molecule has 3 rings (SSSR count). The summed E-state index contributed by atoms with van der Waals surface area (Å²) in [5.41, 5.74) is 1.36. The number of hydrogen-bond donors (Lipinski definition) is 1. The number of rotatable bonds is 9. The van der Waals surface area contributed by atoms with Crippen LogP contribution in [-0.2, 0) is 14.8 Å². The molecule has 9 heteroatoms. The van der Waals surface area contributed by atoms with Gasteiger partial charge in [0.15, 0.2) is 0 Å². The van der Waals surface area contributed by atoms with E-state index in [4.69, 9.17) is 0 Å². The van der Waals surface area contributed by atoms with Crippen LogP contribution in [0.1, 0.15) is 25.6 Å². The van der Waals surface area contributed by atoms with E-state index in [1.165, 1.54) is 10.4 Å². The van der Waals surface area contributed by atoms with E-state index < -0.39 is 10.0 Å². The average Bonchev–Trinajstić information content (AvgIpc) is 3.32. The molecular weight excluding hydrogens is 444 g/mol. The Bertz CT molecular complexity index is 1020. The number of likely N-dealkylation sites (N-methyl/N-ethyl adjacent to an activating group) is 1. The van der Waals surface area contributed by atoms with Crippen LogP contribution in [0.15, 0.2) is 46.7 Å². The normalized spacial score (nSPS) is 15.6. The second-order valence-electron chi connectivity index (χ2n) is 7.53. The van der Waals surface area contributed by atoms with Gasteiger partial charge >= 0.3 is 0 Å². The maximum absolute atomic E-state index is 13.1. The van der Waals surface area contributed by atoms with Gasteiger partial charge in [0.1, 0.15) is 0 Å². The summed E-state index contributed by atoms with van der Waals surface area (Å²) in [6.45, 7) is 11.1. The van der Waals surface area contributed by atoms with Crippen molar-refractivity contribution in [2.24, 2.45) is 0 Å². The molecule has 0 saturated carbocycles. The van der Waals surface area contributed by atoms with E-state index in [-0.39, 0.29) is 10.8 Å². The third kappa shape index (κ3) is 5.78. The summed E-state index contributed by atoms with van der Waals surface area (Å²) in [5, 5.41) is 4.88. The molecule has 0 spiro atoms. The fourth-order valence-electron chi connectivity index (χ4n) is 3.79. The molecule has 0 bridgehead atoms. The van der Waals surface area contributed by atoms with Crippen LogP contribution in [0.5, 0.6) is 0 Å². The zero-order valence-electron chi connectivity index (χ0n) is 19.0. The largest absolute Gasteiger partial charge is 0.367 e. The number of hydrogen-bond acceptors (Lipinski definition) is 6. The van der Waals surface area contributed by atoms with Gasteiger partial charge in [-0.15, -0.1) is 11.3 Å². The molecular formula is C23H32N4O3S2. The topological polar surface area (TPSA) is 73.0 Å². The smallest absolute Gasteiger partial charge is 0.248 e. The first-order valence-corrected chi connectivity index (χ1v) is 13.3. The molecule has 32 heavy (non-hydrogen) atoms. The van der Waals surface area contributed by atoms with Crippen molar-refractivity contribution in [3.05, 3.63) is 46.7 Å². The third-order valence-corrected chi connectivity index (χ3v) is 8.55. The van der Waals surface area contributed by atoms with Crippen molar-refractivity contribution in [1.82, 2.24) is 9.21 Å². The summed E-state index contributed by atoms with van der Waals surface area (Å²) in [5.74, 6) is -0.288. The van der Waals surface area contributed by atoms with Gasteiger partial charge in [0, 0.05) is 50.2 Å². The quantitative estimate of drug-likeness (QED) is 0.560. The molecule has 1 amide bonds. The van der Waals surface area contributed by atoms with Gasteiger partial charge in [-0.1, -0.05) is 26.8 Å². The Morgan fingerprint density at radius 3 is 2.44 bits per heavy atom. The highest BCUT2D eigenvalue weighted by Gasteiger charge is 2.25. The molecule has 1 fully saturated rings. The fraction of sp³-hybridized carbons (Fsp3) is 0.435. The number of benzene rings is 1. The van der Waals surface area contributed by atoms with E-state index in [1.54, 1.807) is 29.5 Å². The van der Waals surface area contributed by atoms with E-state index in [0.29, 0.717) is 18.8 Å². The van der Waals surface area contributed by atoms with Crippen LogP contribution in [-0.4, -0.2) is 69.3 Å². The summed E-state index contributed by atoms with van der Waals surface area (Å²) in [6, 6.07) is 8.91. The first kappa shape index (κ1) is 24.4. The number of sulfonamides is 1. The number of nitrogens with zero attached hydrogens (tertiary/aromatic N) is 3. The summed E-state index contributed by atoms with van der Waals surface area (Å²) in [4.78, 5) is 18.4. The maximum Gasteiger partial charge on any atom is 0.248 e. The van der Waals surface area contributed by atoms with Crippen LogP contribution in [0.3, 0.4) is 0 Å². The first-order chi connectivity index (χ1) is 15.4. The van der Waals surface area contributed by atoms with Gasteiger partial charge in [0.05, 0.1) is 16.3 Å². The lowest BCUT2D eigenvalue weighted by Crippen LogP contribution is -2.46. The second kappa shape index (κ2) is 11.1. The van der Waals surface area contributed by atoms with E-state index in [9.17, 15) is 13.2 Å². The Morgan fingerprint density at radius 2 is 1.84 bits per heavy atom.